The number of anilines is 1. The van der Waals surface area contributed by atoms with Gasteiger partial charge in [-0.1, -0.05) is 47.7 Å². The Morgan fingerprint density at radius 2 is 1.65 bits per heavy atom. The molecule has 0 saturated heterocycles. The highest BCUT2D eigenvalue weighted by molar-refractivity contribution is 7.90. The van der Waals surface area contributed by atoms with Crippen molar-refractivity contribution in [3.63, 3.8) is 0 Å². The SMILES string of the molecule is O=C(COc1ccccc1)Nc1nnc(CS(=O)(=O)c2ccccc2)s1. The summed E-state index contributed by atoms with van der Waals surface area (Å²) in [7, 11) is -3.50. The standard InChI is InChI=1S/C17H15N3O4S2/c21-15(11-24-13-7-3-1-4-8-13)18-17-20-19-16(25-17)12-26(22,23)14-9-5-2-6-10-14/h1-10H,11-12H2,(H,18,20,21). The van der Waals surface area contributed by atoms with Crippen molar-refractivity contribution in [1.29, 1.82) is 0 Å². The lowest BCUT2D eigenvalue weighted by atomic mass is 10.3. The third-order valence-corrected chi connectivity index (χ3v) is 5.91. The maximum absolute atomic E-state index is 12.3. The van der Waals surface area contributed by atoms with E-state index in [2.05, 4.69) is 15.5 Å². The minimum absolute atomic E-state index is 0.179. The smallest absolute Gasteiger partial charge is 0.264 e. The van der Waals surface area contributed by atoms with Crippen LogP contribution in [0.4, 0.5) is 5.13 Å². The third kappa shape index (κ3) is 4.87. The fourth-order valence-electron chi connectivity index (χ4n) is 2.06. The molecule has 0 spiro atoms. The van der Waals surface area contributed by atoms with E-state index in [-0.39, 0.29) is 22.4 Å². The Balaban J connectivity index is 1.57. The predicted molar refractivity (Wildman–Crippen MR) is 97.8 cm³/mol. The topological polar surface area (TPSA) is 98.2 Å². The van der Waals surface area contributed by atoms with E-state index >= 15 is 0 Å². The molecule has 0 unspecified atom stereocenters. The van der Waals surface area contributed by atoms with E-state index in [1.54, 1.807) is 42.5 Å². The average molecular weight is 389 g/mol. The molecule has 0 aliphatic heterocycles. The molecule has 3 rings (SSSR count). The molecule has 2 aromatic carbocycles. The molecule has 3 aromatic rings. The van der Waals surface area contributed by atoms with Crippen molar-refractivity contribution in [2.75, 3.05) is 11.9 Å². The molecule has 134 valence electrons. The van der Waals surface area contributed by atoms with Crippen LogP contribution >= 0.6 is 11.3 Å². The van der Waals surface area contributed by atoms with Crippen LogP contribution in [0.5, 0.6) is 5.75 Å². The normalized spacial score (nSPS) is 11.1. The lowest BCUT2D eigenvalue weighted by Gasteiger charge is -2.04. The van der Waals surface area contributed by atoms with E-state index in [4.69, 9.17) is 4.74 Å². The van der Waals surface area contributed by atoms with Crippen LogP contribution < -0.4 is 10.1 Å². The maximum atomic E-state index is 12.3. The molecular weight excluding hydrogens is 374 g/mol. The molecule has 7 nitrogen and oxygen atoms in total. The number of sulfone groups is 1. The fraction of sp³-hybridized carbons (Fsp3) is 0.118. The minimum Gasteiger partial charge on any atom is -0.484 e. The van der Waals surface area contributed by atoms with Crippen molar-refractivity contribution in [3.8, 4) is 5.75 Å². The van der Waals surface area contributed by atoms with Gasteiger partial charge in [0.25, 0.3) is 5.91 Å². The molecule has 9 heteroatoms. The van der Waals surface area contributed by atoms with Crippen molar-refractivity contribution < 1.29 is 17.9 Å². The van der Waals surface area contributed by atoms with E-state index in [9.17, 15) is 13.2 Å². The lowest BCUT2D eigenvalue weighted by molar-refractivity contribution is -0.118. The number of para-hydroxylation sites is 1. The summed E-state index contributed by atoms with van der Waals surface area (Å²) >= 11 is 1.02. The van der Waals surface area contributed by atoms with Crippen molar-refractivity contribution in [2.24, 2.45) is 0 Å². The molecule has 0 bridgehead atoms. The van der Waals surface area contributed by atoms with Gasteiger partial charge in [0.1, 0.15) is 16.5 Å². The second kappa shape index (κ2) is 8.07. The molecule has 1 N–H and O–H groups in total. The molecule has 0 radical (unpaired) electrons. The molecular formula is C17H15N3O4S2. The van der Waals surface area contributed by atoms with E-state index in [1.165, 1.54) is 12.1 Å². The quantitative estimate of drug-likeness (QED) is 0.667. The Labute approximate surface area is 154 Å². The number of aromatic nitrogens is 2. The number of nitrogens with zero attached hydrogens (tertiary/aromatic N) is 2. The number of benzene rings is 2. The first-order valence-electron chi connectivity index (χ1n) is 7.61. The van der Waals surface area contributed by atoms with Crippen LogP contribution in [0.15, 0.2) is 65.6 Å². The number of amides is 1. The first-order chi connectivity index (χ1) is 12.5. The summed E-state index contributed by atoms with van der Waals surface area (Å²) in [5, 5.41) is 10.7. The molecule has 0 aliphatic carbocycles. The van der Waals surface area contributed by atoms with E-state index in [0.717, 1.165) is 11.3 Å². The summed E-state index contributed by atoms with van der Waals surface area (Å²) in [6.07, 6.45) is 0. The van der Waals surface area contributed by atoms with Gasteiger partial charge in [0.2, 0.25) is 5.13 Å². The van der Waals surface area contributed by atoms with Gasteiger partial charge in [-0.25, -0.2) is 8.42 Å². The Bertz CT molecular complexity index is 974. The van der Waals surface area contributed by atoms with Gasteiger partial charge >= 0.3 is 0 Å². The van der Waals surface area contributed by atoms with Crippen molar-refractivity contribution in [2.45, 2.75) is 10.6 Å². The van der Waals surface area contributed by atoms with Gasteiger partial charge in [0.05, 0.1) is 4.90 Å². The average Bonchev–Trinajstić information content (AvgIpc) is 3.07. The number of hydrogen-bond acceptors (Lipinski definition) is 7. The van der Waals surface area contributed by atoms with Crippen LogP contribution in [0.2, 0.25) is 0 Å². The van der Waals surface area contributed by atoms with Crippen LogP contribution in [0, 0.1) is 0 Å². The van der Waals surface area contributed by atoms with Gasteiger partial charge in [-0.3, -0.25) is 10.1 Å². The fourth-order valence-corrected chi connectivity index (χ4v) is 4.43. The zero-order chi connectivity index (χ0) is 18.4. The van der Waals surface area contributed by atoms with E-state index in [1.807, 2.05) is 6.07 Å². The minimum atomic E-state index is -3.50. The largest absolute Gasteiger partial charge is 0.484 e. The summed E-state index contributed by atoms with van der Waals surface area (Å²) in [5.41, 5.74) is 0. The van der Waals surface area contributed by atoms with Crippen LogP contribution in [-0.4, -0.2) is 31.1 Å². The number of nitrogens with one attached hydrogen (secondary N) is 1. The van der Waals surface area contributed by atoms with Crippen LogP contribution in [0.1, 0.15) is 5.01 Å². The Hall–Kier alpha value is -2.78. The van der Waals surface area contributed by atoms with Gasteiger partial charge in [-0.2, -0.15) is 0 Å². The van der Waals surface area contributed by atoms with Crippen LogP contribution in [-0.2, 0) is 20.4 Å². The monoisotopic (exact) mass is 389 g/mol. The molecule has 0 fully saturated rings. The summed E-state index contributed by atoms with van der Waals surface area (Å²) in [6.45, 7) is -0.179. The van der Waals surface area contributed by atoms with E-state index in [0.29, 0.717) is 10.8 Å². The number of carbonyl (C=O) groups is 1. The zero-order valence-electron chi connectivity index (χ0n) is 13.5. The molecule has 0 atom stereocenters. The van der Waals surface area contributed by atoms with Gasteiger partial charge in [-0.15, -0.1) is 10.2 Å². The number of rotatable bonds is 7. The van der Waals surface area contributed by atoms with Crippen molar-refractivity contribution in [1.82, 2.24) is 10.2 Å². The van der Waals surface area contributed by atoms with Gasteiger partial charge in [-0.05, 0) is 24.3 Å². The van der Waals surface area contributed by atoms with Gasteiger partial charge in [0.15, 0.2) is 16.4 Å². The molecule has 1 aromatic heterocycles. The second-order valence-corrected chi connectivity index (χ2v) is 8.27. The summed E-state index contributed by atoms with van der Waals surface area (Å²) in [4.78, 5) is 12.1. The Morgan fingerprint density at radius 1 is 1.00 bits per heavy atom. The summed E-state index contributed by atoms with van der Waals surface area (Å²) < 4.78 is 30.0. The first kappa shape index (κ1) is 18.0. The van der Waals surface area contributed by atoms with E-state index < -0.39 is 15.7 Å². The summed E-state index contributed by atoms with van der Waals surface area (Å²) in [5.74, 6) is -0.0949. The molecule has 0 saturated carbocycles. The zero-order valence-corrected chi connectivity index (χ0v) is 15.2. The highest BCUT2D eigenvalue weighted by atomic mass is 32.2. The highest BCUT2D eigenvalue weighted by Crippen LogP contribution is 2.21. The number of hydrogen-bond donors (Lipinski definition) is 1. The van der Waals surface area contributed by atoms with Crippen LogP contribution in [0.25, 0.3) is 0 Å². The Kier molecular flexibility index (Phi) is 5.59. The Morgan fingerprint density at radius 3 is 2.35 bits per heavy atom. The summed E-state index contributed by atoms with van der Waals surface area (Å²) in [6, 6.07) is 17.1. The maximum Gasteiger partial charge on any atom is 0.264 e. The second-order valence-electron chi connectivity index (χ2n) is 5.22. The highest BCUT2D eigenvalue weighted by Gasteiger charge is 2.18. The van der Waals surface area contributed by atoms with Crippen molar-refractivity contribution >= 4 is 32.2 Å². The van der Waals surface area contributed by atoms with Gasteiger partial charge < -0.3 is 4.74 Å². The van der Waals surface area contributed by atoms with Gasteiger partial charge in [0, 0.05) is 0 Å². The molecule has 1 amide bonds. The third-order valence-electron chi connectivity index (χ3n) is 3.24. The lowest BCUT2D eigenvalue weighted by Crippen LogP contribution is -2.20. The van der Waals surface area contributed by atoms with Crippen LogP contribution in [0.3, 0.4) is 0 Å². The number of carbonyl (C=O) groups excluding carboxylic acids is 1. The number of ether oxygens (including phenoxy) is 1. The predicted octanol–water partition coefficient (Wildman–Crippen LogP) is 2.53. The molecule has 1 heterocycles. The van der Waals surface area contributed by atoms with Crippen molar-refractivity contribution in [3.05, 3.63) is 65.7 Å². The molecule has 26 heavy (non-hydrogen) atoms. The first-order valence-corrected chi connectivity index (χ1v) is 10.1. The molecule has 0 aliphatic rings.